The first-order chi connectivity index (χ1) is 15.7. The van der Waals surface area contributed by atoms with Crippen molar-refractivity contribution in [3.8, 4) is 0 Å². The first-order valence-corrected chi connectivity index (χ1v) is 12.8. The lowest BCUT2D eigenvalue weighted by molar-refractivity contribution is -0.139. The van der Waals surface area contributed by atoms with Gasteiger partial charge in [-0.1, -0.05) is 13.8 Å². The SMILES string of the molecule is CC1(C)CCC([C@H](NC(=O)c2ccc3ncsc3c2)C(=O)N2C[C@H](Cl)[C@H]3OCC(=O)[C@H]32)CC1. The van der Waals surface area contributed by atoms with Crippen LogP contribution in [0.4, 0.5) is 0 Å². The molecule has 2 aliphatic heterocycles. The van der Waals surface area contributed by atoms with Crippen LogP contribution in [0.15, 0.2) is 23.7 Å². The number of aromatic nitrogens is 1. The molecule has 4 atom stereocenters. The van der Waals surface area contributed by atoms with Crippen LogP contribution in [0.3, 0.4) is 0 Å². The summed E-state index contributed by atoms with van der Waals surface area (Å²) in [6.07, 6.45) is 3.17. The topological polar surface area (TPSA) is 88.6 Å². The Bertz CT molecular complexity index is 1090. The third kappa shape index (κ3) is 4.29. The molecule has 176 valence electrons. The number of rotatable bonds is 4. The third-order valence-corrected chi connectivity index (χ3v) is 8.58. The van der Waals surface area contributed by atoms with Crippen molar-refractivity contribution in [2.24, 2.45) is 11.3 Å². The minimum Gasteiger partial charge on any atom is -0.366 e. The van der Waals surface area contributed by atoms with E-state index in [9.17, 15) is 14.4 Å². The van der Waals surface area contributed by atoms with Crippen LogP contribution in [-0.2, 0) is 14.3 Å². The molecule has 1 aromatic carbocycles. The molecule has 0 radical (unpaired) electrons. The van der Waals surface area contributed by atoms with Crippen molar-refractivity contribution < 1.29 is 19.1 Å². The van der Waals surface area contributed by atoms with Crippen molar-refractivity contribution in [1.82, 2.24) is 15.2 Å². The number of ketones is 1. The van der Waals surface area contributed by atoms with Crippen LogP contribution in [-0.4, -0.2) is 64.2 Å². The number of likely N-dealkylation sites (tertiary alicyclic amines) is 1. The van der Waals surface area contributed by atoms with E-state index in [0.717, 1.165) is 35.9 Å². The largest absolute Gasteiger partial charge is 0.366 e. The molecule has 1 N–H and O–H groups in total. The molecule has 1 aromatic heterocycles. The van der Waals surface area contributed by atoms with Gasteiger partial charge in [0.15, 0.2) is 5.78 Å². The summed E-state index contributed by atoms with van der Waals surface area (Å²) >= 11 is 7.90. The number of benzene rings is 1. The van der Waals surface area contributed by atoms with E-state index in [1.54, 1.807) is 16.5 Å². The zero-order chi connectivity index (χ0) is 23.3. The first kappa shape index (κ1) is 22.7. The van der Waals surface area contributed by atoms with Gasteiger partial charge >= 0.3 is 0 Å². The fourth-order valence-electron chi connectivity index (χ4n) is 5.36. The Morgan fingerprint density at radius 3 is 2.82 bits per heavy atom. The first-order valence-electron chi connectivity index (χ1n) is 11.5. The maximum atomic E-state index is 13.8. The zero-order valence-electron chi connectivity index (χ0n) is 18.8. The van der Waals surface area contributed by atoms with Crippen molar-refractivity contribution in [2.45, 2.75) is 63.1 Å². The molecule has 3 aliphatic rings. The van der Waals surface area contributed by atoms with E-state index in [-0.39, 0.29) is 42.1 Å². The number of nitrogens with one attached hydrogen (secondary N) is 1. The summed E-state index contributed by atoms with van der Waals surface area (Å²) in [6.45, 7) is 4.70. The lowest BCUT2D eigenvalue weighted by atomic mass is 9.71. The number of fused-ring (bicyclic) bond motifs is 2. The second kappa shape index (κ2) is 8.64. The van der Waals surface area contributed by atoms with Gasteiger partial charge in [-0.15, -0.1) is 22.9 Å². The third-order valence-electron chi connectivity index (χ3n) is 7.41. The molecule has 2 amide bonds. The van der Waals surface area contributed by atoms with Crippen molar-refractivity contribution in [3.63, 3.8) is 0 Å². The fraction of sp³-hybridized carbons (Fsp3) is 0.583. The molecule has 7 nitrogen and oxygen atoms in total. The van der Waals surface area contributed by atoms with E-state index in [0.29, 0.717) is 5.56 Å². The highest BCUT2D eigenvalue weighted by Gasteiger charge is 2.53. The van der Waals surface area contributed by atoms with E-state index in [1.165, 1.54) is 11.3 Å². The molecule has 0 spiro atoms. The van der Waals surface area contributed by atoms with Crippen molar-refractivity contribution in [3.05, 3.63) is 29.3 Å². The van der Waals surface area contributed by atoms with Crippen LogP contribution in [0.2, 0.25) is 0 Å². The highest BCUT2D eigenvalue weighted by molar-refractivity contribution is 7.16. The number of alkyl halides is 1. The predicted molar refractivity (Wildman–Crippen MR) is 127 cm³/mol. The predicted octanol–water partition coefficient (Wildman–Crippen LogP) is 3.40. The van der Waals surface area contributed by atoms with Gasteiger partial charge in [0.05, 0.1) is 21.1 Å². The van der Waals surface area contributed by atoms with Gasteiger partial charge in [0.2, 0.25) is 5.91 Å². The van der Waals surface area contributed by atoms with E-state index in [2.05, 4.69) is 24.1 Å². The number of hydrogen-bond acceptors (Lipinski definition) is 6. The van der Waals surface area contributed by atoms with Crippen molar-refractivity contribution in [1.29, 1.82) is 0 Å². The van der Waals surface area contributed by atoms with Crippen LogP contribution in [0, 0.1) is 11.3 Å². The zero-order valence-corrected chi connectivity index (χ0v) is 20.3. The summed E-state index contributed by atoms with van der Waals surface area (Å²) in [6, 6.07) is 3.99. The monoisotopic (exact) mass is 489 g/mol. The lowest BCUT2D eigenvalue weighted by Crippen LogP contribution is -2.55. The Kier molecular flexibility index (Phi) is 5.95. The van der Waals surface area contributed by atoms with E-state index in [4.69, 9.17) is 16.3 Å². The Hall–Kier alpha value is -2.03. The summed E-state index contributed by atoms with van der Waals surface area (Å²) in [4.78, 5) is 45.4. The number of thiazole rings is 1. The van der Waals surface area contributed by atoms with Gasteiger partial charge in [0.25, 0.3) is 5.91 Å². The average molecular weight is 490 g/mol. The molecule has 3 fully saturated rings. The number of halogens is 1. The van der Waals surface area contributed by atoms with Crippen LogP contribution < -0.4 is 5.32 Å². The maximum absolute atomic E-state index is 13.8. The van der Waals surface area contributed by atoms with Crippen LogP contribution >= 0.6 is 22.9 Å². The molecule has 9 heteroatoms. The van der Waals surface area contributed by atoms with Gasteiger partial charge in [-0.2, -0.15) is 0 Å². The molecular weight excluding hydrogens is 462 g/mol. The summed E-state index contributed by atoms with van der Waals surface area (Å²) in [5, 5.41) is 2.60. The Balaban J connectivity index is 1.41. The lowest BCUT2D eigenvalue weighted by Gasteiger charge is -2.39. The van der Waals surface area contributed by atoms with Gasteiger partial charge in [-0.05, 0) is 55.2 Å². The molecule has 5 rings (SSSR count). The number of ether oxygens (including phenoxy) is 1. The van der Waals surface area contributed by atoms with Gasteiger partial charge in [-0.3, -0.25) is 14.4 Å². The average Bonchev–Trinajstić information content (AvgIpc) is 3.49. The van der Waals surface area contributed by atoms with Crippen LogP contribution in [0.1, 0.15) is 49.9 Å². The standard InChI is InChI=1S/C24H28ClN3O4S/c1-24(2)7-5-13(6-8-24)19(23(31)28-10-15(25)21-20(28)17(29)11-32-21)27-22(30)14-3-4-16-18(9-14)33-12-26-16/h3-4,9,12-13,15,19-21H,5-8,10-11H2,1-2H3,(H,27,30)/t15-,19-,20+,21+/m0/s1. The Morgan fingerprint density at radius 1 is 1.30 bits per heavy atom. The molecule has 2 saturated heterocycles. The minimum atomic E-state index is -0.707. The normalized spacial score (nSPS) is 28.2. The van der Waals surface area contributed by atoms with E-state index in [1.807, 2.05) is 12.1 Å². The Labute approximate surface area is 201 Å². The second-order valence-electron chi connectivity index (χ2n) is 10.2. The van der Waals surface area contributed by atoms with E-state index >= 15 is 0 Å². The summed E-state index contributed by atoms with van der Waals surface area (Å²) in [7, 11) is 0. The van der Waals surface area contributed by atoms with Gasteiger partial charge in [0.1, 0.15) is 24.8 Å². The summed E-state index contributed by atoms with van der Waals surface area (Å²) in [5.41, 5.74) is 3.31. The molecule has 33 heavy (non-hydrogen) atoms. The molecule has 1 saturated carbocycles. The van der Waals surface area contributed by atoms with Gasteiger partial charge < -0.3 is 15.0 Å². The quantitative estimate of drug-likeness (QED) is 0.665. The van der Waals surface area contributed by atoms with Gasteiger partial charge in [0, 0.05) is 12.1 Å². The van der Waals surface area contributed by atoms with Crippen LogP contribution in [0.25, 0.3) is 10.2 Å². The smallest absolute Gasteiger partial charge is 0.251 e. The number of nitrogens with zero attached hydrogens (tertiary/aromatic N) is 2. The number of Topliss-reactive ketones (excluding diaryl/α,β-unsaturated/α-hetero) is 1. The number of amides is 2. The molecule has 3 heterocycles. The number of hydrogen-bond donors (Lipinski definition) is 1. The molecule has 0 bridgehead atoms. The van der Waals surface area contributed by atoms with Crippen LogP contribution in [0.5, 0.6) is 0 Å². The number of carbonyl (C=O) groups is 3. The maximum Gasteiger partial charge on any atom is 0.251 e. The highest BCUT2D eigenvalue weighted by Crippen LogP contribution is 2.40. The fourth-order valence-corrected chi connectivity index (χ4v) is 6.44. The van der Waals surface area contributed by atoms with Crippen molar-refractivity contribution in [2.75, 3.05) is 13.2 Å². The molecule has 2 aromatic rings. The van der Waals surface area contributed by atoms with E-state index < -0.39 is 23.6 Å². The van der Waals surface area contributed by atoms with Gasteiger partial charge in [-0.25, -0.2) is 4.98 Å². The van der Waals surface area contributed by atoms with Crippen molar-refractivity contribution >= 4 is 50.8 Å². The molecule has 0 unspecified atom stereocenters. The number of carbonyl (C=O) groups excluding carboxylic acids is 3. The highest BCUT2D eigenvalue weighted by atomic mass is 35.5. The Morgan fingerprint density at radius 2 is 2.06 bits per heavy atom. The second-order valence-corrected chi connectivity index (χ2v) is 11.6. The molecular formula is C24H28ClN3O4S. The summed E-state index contributed by atoms with van der Waals surface area (Å²) < 4.78 is 6.47. The summed E-state index contributed by atoms with van der Waals surface area (Å²) in [5.74, 6) is -0.640. The minimum absolute atomic E-state index is 0.00635. The molecule has 1 aliphatic carbocycles.